The van der Waals surface area contributed by atoms with Gasteiger partial charge in [-0.3, -0.25) is 4.79 Å². The van der Waals surface area contributed by atoms with Gasteiger partial charge in [0, 0.05) is 12.5 Å². The molecule has 1 aromatic heterocycles. The van der Waals surface area contributed by atoms with E-state index in [0.29, 0.717) is 29.8 Å². The first-order chi connectivity index (χ1) is 12.6. The molecule has 0 aliphatic carbocycles. The van der Waals surface area contributed by atoms with Gasteiger partial charge in [-0.25, -0.2) is 9.97 Å². The van der Waals surface area contributed by atoms with Crippen LogP contribution in [0.25, 0.3) is 0 Å². The Morgan fingerprint density at radius 2 is 1.92 bits per heavy atom. The molecule has 0 amide bonds. The Labute approximate surface area is 156 Å². The Bertz CT molecular complexity index is 702. The number of nitrogens with zero attached hydrogens (tertiary/aromatic N) is 2. The molecule has 0 bridgehead atoms. The standard InChI is InChI=1S/C21H29N3O2/c1-5-6-10-18(17-11-8-7-9-12-17)13-22-21-23-16(4)20(26-14-25)19(24-21)15(2)3/h7-9,11-12,14-15,18H,5-6,10,13H2,1-4H3,(H,22,23,24). The minimum absolute atomic E-state index is 0.136. The van der Waals surface area contributed by atoms with E-state index in [1.165, 1.54) is 18.4 Å². The SMILES string of the molecule is CCCCC(CNc1nc(C)c(OC=O)c(C(C)C)n1)c1ccccc1. The van der Waals surface area contributed by atoms with Gasteiger partial charge in [-0.15, -0.1) is 0 Å². The zero-order valence-electron chi connectivity index (χ0n) is 16.2. The lowest BCUT2D eigenvalue weighted by molar-refractivity contribution is -0.120. The van der Waals surface area contributed by atoms with E-state index < -0.39 is 0 Å². The van der Waals surface area contributed by atoms with Gasteiger partial charge in [-0.05, 0) is 24.8 Å². The normalized spacial score (nSPS) is 12.0. The molecule has 1 N–H and O–H groups in total. The molecule has 1 heterocycles. The molecule has 26 heavy (non-hydrogen) atoms. The van der Waals surface area contributed by atoms with Gasteiger partial charge in [0.2, 0.25) is 5.95 Å². The van der Waals surface area contributed by atoms with Crippen molar-refractivity contribution < 1.29 is 9.53 Å². The molecule has 140 valence electrons. The average Bonchev–Trinajstić information content (AvgIpc) is 2.64. The Balaban J connectivity index is 2.19. The predicted octanol–water partition coefficient (Wildman–Crippen LogP) is 4.83. The summed E-state index contributed by atoms with van der Waals surface area (Å²) in [5, 5.41) is 3.39. The molecule has 5 heteroatoms. The van der Waals surface area contributed by atoms with E-state index in [0.717, 1.165) is 18.7 Å². The third-order valence-corrected chi connectivity index (χ3v) is 4.46. The third-order valence-electron chi connectivity index (χ3n) is 4.46. The van der Waals surface area contributed by atoms with Crippen LogP contribution in [0.5, 0.6) is 5.75 Å². The lowest BCUT2D eigenvalue weighted by atomic mass is 9.93. The highest BCUT2D eigenvalue weighted by Gasteiger charge is 2.17. The maximum absolute atomic E-state index is 10.8. The van der Waals surface area contributed by atoms with Crippen molar-refractivity contribution in [2.75, 3.05) is 11.9 Å². The molecule has 0 aliphatic heterocycles. The van der Waals surface area contributed by atoms with Gasteiger partial charge in [0.05, 0.1) is 11.4 Å². The smallest absolute Gasteiger partial charge is 0.298 e. The largest absolute Gasteiger partial charge is 0.425 e. The number of ether oxygens (including phenoxy) is 1. The van der Waals surface area contributed by atoms with Crippen LogP contribution >= 0.6 is 0 Å². The number of aryl methyl sites for hydroxylation is 1. The van der Waals surface area contributed by atoms with Crippen molar-refractivity contribution in [3.8, 4) is 5.75 Å². The van der Waals surface area contributed by atoms with Crippen LogP contribution in [-0.4, -0.2) is 23.0 Å². The third kappa shape index (κ3) is 5.28. The number of rotatable bonds is 10. The zero-order chi connectivity index (χ0) is 18.9. The number of benzene rings is 1. The van der Waals surface area contributed by atoms with Crippen molar-refractivity contribution in [1.82, 2.24) is 9.97 Å². The minimum atomic E-state index is 0.136. The summed E-state index contributed by atoms with van der Waals surface area (Å²) in [6, 6.07) is 10.6. The van der Waals surface area contributed by atoms with Gasteiger partial charge in [0.1, 0.15) is 0 Å². The van der Waals surface area contributed by atoms with Crippen molar-refractivity contribution in [3.63, 3.8) is 0 Å². The average molecular weight is 355 g/mol. The van der Waals surface area contributed by atoms with Gasteiger partial charge in [-0.1, -0.05) is 63.9 Å². The maximum Gasteiger partial charge on any atom is 0.298 e. The van der Waals surface area contributed by atoms with Crippen LogP contribution < -0.4 is 10.1 Å². The van der Waals surface area contributed by atoms with E-state index in [1.807, 2.05) is 26.8 Å². The van der Waals surface area contributed by atoms with Gasteiger partial charge < -0.3 is 10.1 Å². The van der Waals surface area contributed by atoms with Gasteiger partial charge in [0.25, 0.3) is 6.47 Å². The van der Waals surface area contributed by atoms with Crippen LogP contribution in [0.3, 0.4) is 0 Å². The fourth-order valence-corrected chi connectivity index (χ4v) is 3.03. The van der Waals surface area contributed by atoms with Crippen molar-refractivity contribution in [2.24, 2.45) is 0 Å². The van der Waals surface area contributed by atoms with Crippen LogP contribution in [0.15, 0.2) is 30.3 Å². The first-order valence-electron chi connectivity index (χ1n) is 9.34. The Kier molecular flexibility index (Phi) is 7.57. The lowest BCUT2D eigenvalue weighted by Gasteiger charge is -2.19. The van der Waals surface area contributed by atoms with Crippen LogP contribution in [-0.2, 0) is 4.79 Å². The Hall–Kier alpha value is -2.43. The van der Waals surface area contributed by atoms with Crippen molar-refractivity contribution in [2.45, 2.75) is 58.8 Å². The van der Waals surface area contributed by atoms with E-state index in [1.54, 1.807) is 0 Å². The van der Waals surface area contributed by atoms with Gasteiger partial charge >= 0.3 is 0 Å². The van der Waals surface area contributed by atoms with E-state index in [-0.39, 0.29) is 5.92 Å². The lowest BCUT2D eigenvalue weighted by Crippen LogP contribution is -2.16. The fraction of sp³-hybridized carbons (Fsp3) is 0.476. The molecule has 0 radical (unpaired) electrons. The van der Waals surface area contributed by atoms with Gasteiger partial charge in [0.15, 0.2) is 5.75 Å². The molecule has 0 saturated carbocycles. The molecule has 0 spiro atoms. The second-order valence-electron chi connectivity index (χ2n) is 6.85. The van der Waals surface area contributed by atoms with E-state index in [2.05, 4.69) is 46.5 Å². The Morgan fingerprint density at radius 1 is 1.19 bits per heavy atom. The van der Waals surface area contributed by atoms with Crippen LogP contribution in [0.2, 0.25) is 0 Å². The molecule has 2 aromatic rings. The summed E-state index contributed by atoms with van der Waals surface area (Å²) in [5.41, 5.74) is 2.75. The van der Waals surface area contributed by atoms with E-state index in [4.69, 9.17) is 4.74 Å². The molecule has 0 saturated heterocycles. The predicted molar refractivity (Wildman–Crippen MR) is 105 cm³/mol. The summed E-state index contributed by atoms with van der Waals surface area (Å²) >= 11 is 0. The van der Waals surface area contributed by atoms with Gasteiger partial charge in [-0.2, -0.15) is 0 Å². The maximum atomic E-state index is 10.8. The molecule has 0 fully saturated rings. The van der Waals surface area contributed by atoms with Crippen LogP contribution in [0, 0.1) is 6.92 Å². The molecule has 2 rings (SSSR count). The number of carbonyl (C=O) groups excluding carboxylic acids is 1. The monoisotopic (exact) mass is 355 g/mol. The van der Waals surface area contributed by atoms with Crippen LogP contribution in [0.1, 0.15) is 68.8 Å². The topological polar surface area (TPSA) is 64.1 Å². The number of anilines is 1. The second kappa shape index (κ2) is 9.90. The Morgan fingerprint density at radius 3 is 2.54 bits per heavy atom. The highest BCUT2D eigenvalue weighted by Crippen LogP contribution is 2.29. The van der Waals surface area contributed by atoms with E-state index >= 15 is 0 Å². The fourth-order valence-electron chi connectivity index (χ4n) is 3.03. The number of unbranched alkanes of at least 4 members (excludes halogenated alkanes) is 1. The molecule has 1 atom stereocenters. The highest BCUT2D eigenvalue weighted by atomic mass is 16.5. The van der Waals surface area contributed by atoms with E-state index in [9.17, 15) is 4.79 Å². The van der Waals surface area contributed by atoms with Crippen molar-refractivity contribution >= 4 is 12.4 Å². The summed E-state index contributed by atoms with van der Waals surface area (Å²) in [7, 11) is 0. The second-order valence-corrected chi connectivity index (χ2v) is 6.85. The molecular weight excluding hydrogens is 326 g/mol. The van der Waals surface area contributed by atoms with Crippen molar-refractivity contribution in [1.29, 1.82) is 0 Å². The summed E-state index contributed by atoms with van der Waals surface area (Å²) in [6.45, 7) is 9.30. The summed E-state index contributed by atoms with van der Waals surface area (Å²) in [5.74, 6) is 1.60. The molecule has 1 unspecified atom stereocenters. The molecule has 1 aromatic carbocycles. The first-order valence-corrected chi connectivity index (χ1v) is 9.34. The van der Waals surface area contributed by atoms with Crippen molar-refractivity contribution in [3.05, 3.63) is 47.3 Å². The number of carbonyl (C=O) groups is 1. The number of hydrogen-bond donors (Lipinski definition) is 1. The number of aromatic nitrogens is 2. The molecule has 0 aliphatic rings. The first kappa shape index (κ1) is 19.9. The summed E-state index contributed by atoms with van der Waals surface area (Å²) in [4.78, 5) is 19.8. The van der Waals surface area contributed by atoms with Crippen LogP contribution in [0.4, 0.5) is 5.95 Å². The number of hydrogen-bond acceptors (Lipinski definition) is 5. The zero-order valence-corrected chi connectivity index (χ0v) is 16.2. The molecule has 5 nitrogen and oxygen atoms in total. The summed E-state index contributed by atoms with van der Waals surface area (Å²) < 4.78 is 5.10. The highest BCUT2D eigenvalue weighted by molar-refractivity contribution is 5.50. The minimum Gasteiger partial charge on any atom is -0.425 e. The number of nitrogens with one attached hydrogen (secondary N) is 1. The summed E-state index contributed by atoms with van der Waals surface area (Å²) in [6.07, 6.45) is 3.48. The quantitative estimate of drug-likeness (QED) is 0.618. The molecular formula is C21H29N3O2.